The molecule has 1 heterocycles. The van der Waals surface area contributed by atoms with Gasteiger partial charge in [-0.3, -0.25) is 9.69 Å². The number of nitrogens with zero attached hydrogens (tertiary/aromatic N) is 1. The van der Waals surface area contributed by atoms with Crippen molar-refractivity contribution in [3.63, 3.8) is 0 Å². The average Bonchev–Trinajstić information content (AvgIpc) is 2.81. The molecule has 122 valence electrons. The monoisotopic (exact) mass is 295 g/mol. The molecular formula is C17H33N3O. The van der Waals surface area contributed by atoms with Gasteiger partial charge in [0.1, 0.15) is 0 Å². The highest BCUT2D eigenvalue weighted by molar-refractivity contribution is 5.81. The molecule has 21 heavy (non-hydrogen) atoms. The quantitative estimate of drug-likeness (QED) is 0.836. The summed E-state index contributed by atoms with van der Waals surface area (Å²) in [4.78, 5) is 14.2. The molecule has 4 heteroatoms. The van der Waals surface area contributed by atoms with Crippen LogP contribution in [0.25, 0.3) is 0 Å². The SMILES string of the molecule is CC1(C(N)=O)CCN(C2CC(C(C)(C)C)CCC2CN)C1. The first kappa shape index (κ1) is 16.8. The molecule has 0 aromatic heterocycles. The van der Waals surface area contributed by atoms with E-state index in [0.717, 1.165) is 32.0 Å². The Bertz CT molecular complexity index is 390. The second kappa shape index (κ2) is 5.88. The molecule has 1 saturated carbocycles. The molecule has 0 radical (unpaired) electrons. The van der Waals surface area contributed by atoms with E-state index in [-0.39, 0.29) is 11.3 Å². The Labute approximate surface area is 129 Å². The minimum atomic E-state index is -0.353. The zero-order chi connectivity index (χ0) is 15.8. The Hall–Kier alpha value is -0.610. The molecule has 2 rings (SSSR count). The lowest BCUT2D eigenvalue weighted by molar-refractivity contribution is -0.126. The van der Waals surface area contributed by atoms with Crippen LogP contribution in [0.2, 0.25) is 0 Å². The molecule has 1 aliphatic heterocycles. The number of amides is 1. The van der Waals surface area contributed by atoms with Gasteiger partial charge in [-0.25, -0.2) is 0 Å². The predicted molar refractivity (Wildman–Crippen MR) is 86.6 cm³/mol. The van der Waals surface area contributed by atoms with Crippen molar-refractivity contribution in [3.8, 4) is 0 Å². The second-order valence-electron chi connectivity index (χ2n) is 8.58. The summed E-state index contributed by atoms with van der Waals surface area (Å²) in [6.45, 7) is 11.6. The van der Waals surface area contributed by atoms with Crippen molar-refractivity contribution in [2.45, 2.75) is 59.4 Å². The maximum atomic E-state index is 11.7. The zero-order valence-corrected chi connectivity index (χ0v) is 14.2. The van der Waals surface area contributed by atoms with Crippen molar-refractivity contribution in [2.75, 3.05) is 19.6 Å². The summed E-state index contributed by atoms with van der Waals surface area (Å²) >= 11 is 0. The Morgan fingerprint density at radius 3 is 2.48 bits per heavy atom. The van der Waals surface area contributed by atoms with Crippen LogP contribution in [0, 0.1) is 22.7 Å². The van der Waals surface area contributed by atoms with Crippen LogP contribution in [0.4, 0.5) is 0 Å². The van der Waals surface area contributed by atoms with E-state index in [1.165, 1.54) is 19.3 Å². The molecule has 0 bridgehead atoms. The second-order valence-corrected chi connectivity index (χ2v) is 8.58. The van der Waals surface area contributed by atoms with Crippen LogP contribution in [0.1, 0.15) is 53.4 Å². The third kappa shape index (κ3) is 3.42. The summed E-state index contributed by atoms with van der Waals surface area (Å²) in [5, 5.41) is 0. The van der Waals surface area contributed by atoms with Crippen molar-refractivity contribution in [2.24, 2.45) is 34.1 Å². The van der Waals surface area contributed by atoms with Gasteiger partial charge >= 0.3 is 0 Å². The van der Waals surface area contributed by atoms with Gasteiger partial charge < -0.3 is 11.5 Å². The molecule has 1 saturated heterocycles. The summed E-state index contributed by atoms with van der Waals surface area (Å²) in [5.41, 5.74) is 11.6. The Balaban J connectivity index is 2.10. The molecule has 2 aliphatic rings. The van der Waals surface area contributed by atoms with E-state index >= 15 is 0 Å². The minimum absolute atomic E-state index is 0.155. The first-order chi connectivity index (χ1) is 9.67. The normalized spacial score (nSPS) is 38.6. The summed E-state index contributed by atoms with van der Waals surface area (Å²) in [6.07, 6.45) is 4.59. The van der Waals surface area contributed by atoms with Crippen molar-refractivity contribution >= 4 is 5.91 Å². The highest BCUT2D eigenvalue weighted by Crippen LogP contribution is 2.43. The molecule has 0 aromatic carbocycles. The number of likely N-dealkylation sites (tertiary alicyclic amines) is 1. The van der Waals surface area contributed by atoms with E-state index in [1.807, 2.05) is 6.92 Å². The van der Waals surface area contributed by atoms with Crippen molar-refractivity contribution in [3.05, 3.63) is 0 Å². The first-order valence-electron chi connectivity index (χ1n) is 8.41. The van der Waals surface area contributed by atoms with E-state index in [4.69, 9.17) is 11.5 Å². The number of rotatable bonds is 3. The highest BCUT2D eigenvalue weighted by atomic mass is 16.1. The molecule has 4 nitrogen and oxygen atoms in total. The van der Waals surface area contributed by atoms with Crippen LogP contribution in [-0.2, 0) is 4.79 Å². The smallest absolute Gasteiger partial charge is 0.224 e. The maximum Gasteiger partial charge on any atom is 0.224 e. The standard InChI is InChI=1S/C17H33N3O/c1-16(2,3)13-6-5-12(10-18)14(9-13)20-8-7-17(4,11-20)15(19)21/h12-14H,5-11,18H2,1-4H3,(H2,19,21). The molecule has 4 N–H and O–H groups in total. The van der Waals surface area contributed by atoms with Gasteiger partial charge in [0, 0.05) is 12.6 Å². The lowest BCUT2D eigenvalue weighted by atomic mass is 9.67. The fourth-order valence-electron chi connectivity index (χ4n) is 4.20. The summed E-state index contributed by atoms with van der Waals surface area (Å²) in [7, 11) is 0. The van der Waals surface area contributed by atoms with Crippen LogP contribution in [0.3, 0.4) is 0 Å². The van der Waals surface area contributed by atoms with Crippen LogP contribution < -0.4 is 11.5 Å². The van der Waals surface area contributed by atoms with Gasteiger partial charge in [0.2, 0.25) is 5.91 Å². The van der Waals surface area contributed by atoms with Gasteiger partial charge in [0.25, 0.3) is 0 Å². The predicted octanol–water partition coefficient (Wildman–Crippen LogP) is 1.97. The van der Waals surface area contributed by atoms with Gasteiger partial charge in [-0.15, -0.1) is 0 Å². The fraction of sp³-hybridized carbons (Fsp3) is 0.941. The van der Waals surface area contributed by atoms with Crippen molar-refractivity contribution in [1.29, 1.82) is 0 Å². The number of carbonyl (C=O) groups is 1. The minimum Gasteiger partial charge on any atom is -0.369 e. The van der Waals surface area contributed by atoms with Gasteiger partial charge in [-0.05, 0) is 62.9 Å². The molecule has 2 fully saturated rings. The maximum absolute atomic E-state index is 11.7. The number of nitrogens with two attached hydrogens (primary N) is 2. The zero-order valence-electron chi connectivity index (χ0n) is 14.2. The topological polar surface area (TPSA) is 72.4 Å². The van der Waals surface area contributed by atoms with Crippen LogP contribution in [-0.4, -0.2) is 36.5 Å². The van der Waals surface area contributed by atoms with Crippen molar-refractivity contribution < 1.29 is 4.79 Å². The summed E-state index contributed by atoms with van der Waals surface area (Å²) < 4.78 is 0. The van der Waals surface area contributed by atoms with E-state index in [9.17, 15) is 4.79 Å². The third-order valence-corrected chi connectivity index (χ3v) is 6.05. The Kier molecular flexibility index (Phi) is 4.69. The van der Waals surface area contributed by atoms with Gasteiger partial charge in [0.15, 0.2) is 0 Å². The molecule has 0 spiro atoms. The first-order valence-corrected chi connectivity index (χ1v) is 8.41. The molecule has 0 aromatic rings. The van der Waals surface area contributed by atoms with Gasteiger partial charge in [0.05, 0.1) is 5.41 Å². The lowest BCUT2D eigenvalue weighted by Gasteiger charge is -2.45. The van der Waals surface area contributed by atoms with Crippen molar-refractivity contribution in [1.82, 2.24) is 4.90 Å². The van der Waals surface area contributed by atoms with Crippen LogP contribution in [0.5, 0.6) is 0 Å². The number of primary amides is 1. The molecular weight excluding hydrogens is 262 g/mol. The van der Waals surface area contributed by atoms with E-state index in [2.05, 4.69) is 25.7 Å². The fourth-order valence-corrected chi connectivity index (χ4v) is 4.20. The number of hydrogen-bond acceptors (Lipinski definition) is 3. The van der Waals surface area contributed by atoms with E-state index < -0.39 is 0 Å². The molecule has 1 amide bonds. The van der Waals surface area contributed by atoms with Gasteiger partial charge in [-0.1, -0.05) is 20.8 Å². The molecule has 1 aliphatic carbocycles. The van der Waals surface area contributed by atoms with E-state index in [0.29, 0.717) is 17.4 Å². The number of hydrogen-bond donors (Lipinski definition) is 2. The summed E-state index contributed by atoms with van der Waals surface area (Å²) in [6, 6.07) is 0.522. The van der Waals surface area contributed by atoms with Gasteiger partial charge in [-0.2, -0.15) is 0 Å². The number of carbonyl (C=O) groups excluding carboxylic acids is 1. The van der Waals surface area contributed by atoms with Crippen LogP contribution >= 0.6 is 0 Å². The van der Waals surface area contributed by atoms with E-state index in [1.54, 1.807) is 0 Å². The molecule has 4 unspecified atom stereocenters. The third-order valence-electron chi connectivity index (χ3n) is 6.05. The Morgan fingerprint density at radius 1 is 1.33 bits per heavy atom. The Morgan fingerprint density at radius 2 is 2.00 bits per heavy atom. The van der Waals surface area contributed by atoms with Crippen LogP contribution in [0.15, 0.2) is 0 Å². The highest BCUT2D eigenvalue weighted by Gasteiger charge is 2.45. The largest absolute Gasteiger partial charge is 0.369 e. The lowest BCUT2D eigenvalue weighted by Crippen LogP contribution is -2.49. The molecule has 4 atom stereocenters. The summed E-state index contributed by atoms with van der Waals surface area (Å²) in [5.74, 6) is 1.15. The average molecular weight is 295 g/mol.